The standard InChI is InChI=1S/C15H12F4N2O2/c1-2-23-14(22)10-5-9(20)6-11(16)13(10)8-3-4-12(21-7-8)15(17,18)19/h3-7H,2,20H2,1H3. The van der Waals surface area contributed by atoms with Crippen LogP contribution in [0.5, 0.6) is 0 Å². The summed E-state index contributed by atoms with van der Waals surface area (Å²) < 4.78 is 56.6. The first-order valence-electron chi connectivity index (χ1n) is 6.53. The van der Waals surface area contributed by atoms with Crippen LogP contribution in [0, 0.1) is 5.82 Å². The van der Waals surface area contributed by atoms with E-state index in [4.69, 9.17) is 10.5 Å². The molecule has 0 unspecified atom stereocenters. The quantitative estimate of drug-likeness (QED) is 0.530. The van der Waals surface area contributed by atoms with Gasteiger partial charge in [-0.2, -0.15) is 13.2 Å². The zero-order valence-corrected chi connectivity index (χ0v) is 11.9. The summed E-state index contributed by atoms with van der Waals surface area (Å²) in [7, 11) is 0. The van der Waals surface area contributed by atoms with Gasteiger partial charge in [-0.05, 0) is 25.1 Å². The molecule has 4 nitrogen and oxygen atoms in total. The van der Waals surface area contributed by atoms with Crippen LogP contribution in [0.2, 0.25) is 0 Å². The van der Waals surface area contributed by atoms with Crippen LogP contribution >= 0.6 is 0 Å². The molecule has 2 aromatic rings. The molecule has 1 aromatic carbocycles. The molecule has 0 amide bonds. The Kier molecular flexibility index (Phi) is 4.53. The molecule has 0 radical (unpaired) electrons. The number of hydrogen-bond acceptors (Lipinski definition) is 4. The van der Waals surface area contributed by atoms with E-state index >= 15 is 0 Å². The van der Waals surface area contributed by atoms with Gasteiger partial charge in [0.1, 0.15) is 11.5 Å². The average molecular weight is 328 g/mol. The van der Waals surface area contributed by atoms with Crippen molar-refractivity contribution in [3.63, 3.8) is 0 Å². The van der Waals surface area contributed by atoms with E-state index in [2.05, 4.69) is 4.98 Å². The SMILES string of the molecule is CCOC(=O)c1cc(N)cc(F)c1-c1ccc(C(F)(F)F)nc1. The summed E-state index contributed by atoms with van der Waals surface area (Å²) in [6, 6.07) is 3.91. The summed E-state index contributed by atoms with van der Waals surface area (Å²) in [5.41, 5.74) is 4.02. The lowest BCUT2D eigenvalue weighted by molar-refractivity contribution is -0.141. The number of benzene rings is 1. The molecule has 2 rings (SSSR count). The maximum atomic E-state index is 14.2. The number of nitrogen functional groups attached to an aromatic ring is 1. The second-order valence-electron chi connectivity index (χ2n) is 4.58. The monoisotopic (exact) mass is 328 g/mol. The zero-order valence-electron chi connectivity index (χ0n) is 11.9. The fourth-order valence-electron chi connectivity index (χ4n) is 2.00. The minimum absolute atomic E-state index is 0.00539. The number of halogens is 4. The van der Waals surface area contributed by atoms with Crippen LogP contribution in [-0.2, 0) is 10.9 Å². The number of nitrogens with zero attached hydrogens (tertiary/aromatic N) is 1. The van der Waals surface area contributed by atoms with Crippen molar-refractivity contribution < 1.29 is 27.1 Å². The summed E-state index contributed by atoms with van der Waals surface area (Å²) in [5.74, 6) is -1.68. The Bertz CT molecular complexity index is 727. The zero-order chi connectivity index (χ0) is 17.2. The number of alkyl halides is 3. The molecule has 0 saturated heterocycles. The smallest absolute Gasteiger partial charge is 0.433 e. The highest BCUT2D eigenvalue weighted by atomic mass is 19.4. The molecule has 0 aliphatic carbocycles. The summed E-state index contributed by atoms with van der Waals surface area (Å²) in [6.07, 6.45) is -3.76. The van der Waals surface area contributed by atoms with Crippen molar-refractivity contribution in [3.8, 4) is 11.1 Å². The molecule has 23 heavy (non-hydrogen) atoms. The Balaban J connectivity index is 2.56. The molecular formula is C15H12F4N2O2. The Morgan fingerprint density at radius 3 is 2.52 bits per heavy atom. The third kappa shape index (κ3) is 3.58. The number of hydrogen-bond donors (Lipinski definition) is 1. The minimum atomic E-state index is -4.61. The Labute approximate surface area is 128 Å². The molecule has 8 heteroatoms. The van der Waals surface area contributed by atoms with Gasteiger partial charge in [-0.1, -0.05) is 6.07 Å². The molecule has 1 aromatic heterocycles. The third-order valence-electron chi connectivity index (χ3n) is 2.95. The highest BCUT2D eigenvalue weighted by Crippen LogP contribution is 2.32. The number of rotatable bonds is 3. The van der Waals surface area contributed by atoms with Crippen molar-refractivity contribution in [3.05, 3.63) is 47.5 Å². The maximum absolute atomic E-state index is 14.2. The fraction of sp³-hybridized carbons (Fsp3) is 0.200. The van der Waals surface area contributed by atoms with E-state index < -0.39 is 23.7 Å². The summed E-state index contributed by atoms with van der Waals surface area (Å²) in [4.78, 5) is 15.2. The molecule has 122 valence electrons. The highest BCUT2D eigenvalue weighted by Gasteiger charge is 2.32. The topological polar surface area (TPSA) is 65.2 Å². The van der Waals surface area contributed by atoms with Crippen molar-refractivity contribution >= 4 is 11.7 Å². The van der Waals surface area contributed by atoms with E-state index in [1.54, 1.807) is 6.92 Å². The molecule has 0 bridgehead atoms. The molecule has 0 fully saturated rings. The maximum Gasteiger partial charge on any atom is 0.433 e. The molecule has 0 atom stereocenters. The molecule has 2 N–H and O–H groups in total. The second-order valence-corrected chi connectivity index (χ2v) is 4.58. The van der Waals surface area contributed by atoms with Gasteiger partial charge in [-0.25, -0.2) is 9.18 Å². The van der Waals surface area contributed by atoms with Gasteiger partial charge in [0, 0.05) is 23.0 Å². The molecule has 1 heterocycles. The lowest BCUT2D eigenvalue weighted by Crippen LogP contribution is -2.10. The van der Waals surface area contributed by atoms with Gasteiger partial charge in [0.25, 0.3) is 0 Å². The van der Waals surface area contributed by atoms with Crippen molar-refractivity contribution in [2.75, 3.05) is 12.3 Å². The van der Waals surface area contributed by atoms with Gasteiger partial charge >= 0.3 is 12.1 Å². The van der Waals surface area contributed by atoms with Gasteiger partial charge in [-0.3, -0.25) is 4.98 Å². The predicted molar refractivity (Wildman–Crippen MR) is 75.0 cm³/mol. The van der Waals surface area contributed by atoms with E-state index in [1.165, 1.54) is 6.07 Å². The number of aromatic nitrogens is 1. The summed E-state index contributed by atoms with van der Waals surface area (Å²) >= 11 is 0. The van der Waals surface area contributed by atoms with Crippen LogP contribution in [0.15, 0.2) is 30.5 Å². The molecule has 0 aliphatic heterocycles. The van der Waals surface area contributed by atoms with Crippen molar-refractivity contribution in [1.82, 2.24) is 4.98 Å². The number of esters is 1. The van der Waals surface area contributed by atoms with Gasteiger partial charge in [0.05, 0.1) is 12.2 Å². The van der Waals surface area contributed by atoms with Crippen molar-refractivity contribution in [2.24, 2.45) is 0 Å². The Morgan fingerprint density at radius 1 is 1.30 bits per heavy atom. The summed E-state index contributed by atoms with van der Waals surface area (Å²) in [5, 5.41) is 0. The van der Waals surface area contributed by atoms with Crippen molar-refractivity contribution in [2.45, 2.75) is 13.1 Å². The Morgan fingerprint density at radius 2 is 2.00 bits per heavy atom. The molecule has 0 saturated carbocycles. The van der Waals surface area contributed by atoms with E-state index in [1.807, 2.05) is 0 Å². The van der Waals surface area contributed by atoms with Gasteiger partial charge < -0.3 is 10.5 Å². The molecule has 0 aliphatic rings. The normalized spacial score (nSPS) is 11.3. The first-order chi connectivity index (χ1) is 10.7. The number of anilines is 1. The van der Waals surface area contributed by atoms with Crippen molar-refractivity contribution in [1.29, 1.82) is 0 Å². The van der Waals surface area contributed by atoms with Crippen LogP contribution < -0.4 is 5.73 Å². The predicted octanol–water partition coefficient (Wildman–Crippen LogP) is 3.67. The first-order valence-corrected chi connectivity index (χ1v) is 6.53. The van der Waals surface area contributed by atoms with Crippen LogP contribution in [0.3, 0.4) is 0 Å². The number of carbonyl (C=O) groups is 1. The molecular weight excluding hydrogens is 316 g/mol. The lowest BCUT2D eigenvalue weighted by Gasteiger charge is -2.12. The van der Waals surface area contributed by atoms with E-state index in [0.29, 0.717) is 6.07 Å². The number of nitrogens with two attached hydrogens (primary N) is 1. The lowest BCUT2D eigenvalue weighted by atomic mass is 9.99. The van der Waals surface area contributed by atoms with E-state index in [9.17, 15) is 22.4 Å². The van der Waals surface area contributed by atoms with Gasteiger partial charge in [-0.15, -0.1) is 0 Å². The third-order valence-corrected chi connectivity index (χ3v) is 2.95. The van der Waals surface area contributed by atoms with Crippen LogP contribution in [0.25, 0.3) is 11.1 Å². The first kappa shape index (κ1) is 16.7. The second kappa shape index (κ2) is 6.23. The average Bonchev–Trinajstić information content (AvgIpc) is 2.46. The minimum Gasteiger partial charge on any atom is -0.462 e. The Hall–Kier alpha value is -2.64. The fourth-order valence-corrected chi connectivity index (χ4v) is 2.00. The number of pyridine rings is 1. The van der Waals surface area contributed by atoms with Gasteiger partial charge in [0.15, 0.2) is 0 Å². The summed E-state index contributed by atoms with van der Waals surface area (Å²) in [6.45, 7) is 1.62. The molecule has 0 spiro atoms. The van der Waals surface area contributed by atoms with Gasteiger partial charge in [0.2, 0.25) is 0 Å². The van der Waals surface area contributed by atoms with E-state index in [0.717, 1.165) is 18.3 Å². The van der Waals surface area contributed by atoms with E-state index in [-0.39, 0.29) is 29.0 Å². The number of carbonyl (C=O) groups excluding carboxylic acids is 1. The number of ether oxygens (including phenoxy) is 1. The largest absolute Gasteiger partial charge is 0.462 e. The highest BCUT2D eigenvalue weighted by molar-refractivity contribution is 5.98. The van der Waals surface area contributed by atoms with Crippen LogP contribution in [-0.4, -0.2) is 17.6 Å². The van der Waals surface area contributed by atoms with Crippen LogP contribution in [0.1, 0.15) is 23.0 Å². The van der Waals surface area contributed by atoms with Crippen LogP contribution in [0.4, 0.5) is 23.2 Å².